The molecule has 0 saturated heterocycles. The highest BCUT2D eigenvalue weighted by Crippen LogP contribution is 2.17. The average Bonchev–Trinajstić information content (AvgIpc) is 2.35. The zero-order chi connectivity index (χ0) is 14.1. The lowest BCUT2D eigenvalue weighted by Gasteiger charge is -2.32. The SMILES string of the molecule is CCCCN(C(=O)C(CN)CC(C)C)C(C)CC. The van der Waals surface area contributed by atoms with E-state index in [-0.39, 0.29) is 11.8 Å². The molecule has 18 heavy (non-hydrogen) atoms. The highest BCUT2D eigenvalue weighted by Gasteiger charge is 2.26. The van der Waals surface area contributed by atoms with E-state index in [9.17, 15) is 4.79 Å². The van der Waals surface area contributed by atoms with E-state index in [0.717, 1.165) is 32.2 Å². The Morgan fingerprint density at radius 3 is 2.22 bits per heavy atom. The molecule has 0 aliphatic heterocycles. The monoisotopic (exact) mass is 256 g/mol. The van der Waals surface area contributed by atoms with Gasteiger partial charge in [-0.1, -0.05) is 34.1 Å². The van der Waals surface area contributed by atoms with Gasteiger partial charge in [-0.2, -0.15) is 0 Å². The van der Waals surface area contributed by atoms with Crippen LogP contribution in [0.3, 0.4) is 0 Å². The van der Waals surface area contributed by atoms with Crippen molar-refractivity contribution in [3.8, 4) is 0 Å². The lowest BCUT2D eigenvalue weighted by molar-refractivity contribution is -0.138. The van der Waals surface area contributed by atoms with Crippen LogP contribution in [-0.4, -0.2) is 29.9 Å². The summed E-state index contributed by atoms with van der Waals surface area (Å²) in [4.78, 5) is 14.6. The molecule has 0 saturated carbocycles. The summed E-state index contributed by atoms with van der Waals surface area (Å²) in [5.74, 6) is 0.775. The number of rotatable bonds is 9. The minimum Gasteiger partial charge on any atom is -0.340 e. The number of hydrogen-bond acceptors (Lipinski definition) is 2. The van der Waals surface area contributed by atoms with Gasteiger partial charge in [-0.05, 0) is 32.1 Å². The molecular weight excluding hydrogens is 224 g/mol. The van der Waals surface area contributed by atoms with Gasteiger partial charge in [-0.3, -0.25) is 4.79 Å². The van der Waals surface area contributed by atoms with E-state index in [2.05, 4.69) is 34.6 Å². The number of carbonyl (C=O) groups is 1. The molecule has 0 aromatic carbocycles. The van der Waals surface area contributed by atoms with Crippen LogP contribution in [0, 0.1) is 11.8 Å². The third-order valence-corrected chi connectivity index (χ3v) is 3.55. The zero-order valence-corrected chi connectivity index (χ0v) is 12.9. The van der Waals surface area contributed by atoms with E-state index >= 15 is 0 Å². The Bertz CT molecular complexity index is 229. The Kier molecular flexibility index (Phi) is 9.08. The van der Waals surface area contributed by atoms with Gasteiger partial charge in [0.15, 0.2) is 0 Å². The Morgan fingerprint density at radius 1 is 1.22 bits per heavy atom. The highest BCUT2D eigenvalue weighted by atomic mass is 16.2. The second-order valence-electron chi connectivity index (χ2n) is 5.70. The van der Waals surface area contributed by atoms with Gasteiger partial charge in [0.05, 0.1) is 5.92 Å². The molecule has 1 amide bonds. The third-order valence-electron chi connectivity index (χ3n) is 3.55. The van der Waals surface area contributed by atoms with Crippen LogP contribution in [0.4, 0.5) is 0 Å². The Balaban J connectivity index is 4.68. The lowest BCUT2D eigenvalue weighted by Crippen LogP contribution is -2.44. The molecule has 2 unspecified atom stereocenters. The first-order valence-corrected chi connectivity index (χ1v) is 7.48. The van der Waals surface area contributed by atoms with Crippen molar-refractivity contribution < 1.29 is 4.79 Å². The van der Waals surface area contributed by atoms with Crippen LogP contribution in [0.25, 0.3) is 0 Å². The molecule has 0 aromatic heterocycles. The molecule has 0 rings (SSSR count). The highest BCUT2D eigenvalue weighted by molar-refractivity contribution is 5.79. The van der Waals surface area contributed by atoms with Gasteiger partial charge in [0, 0.05) is 19.1 Å². The van der Waals surface area contributed by atoms with Crippen LogP contribution in [0.15, 0.2) is 0 Å². The molecule has 2 N–H and O–H groups in total. The van der Waals surface area contributed by atoms with Crippen LogP contribution in [0.5, 0.6) is 0 Å². The summed E-state index contributed by atoms with van der Waals surface area (Å²) >= 11 is 0. The average molecular weight is 256 g/mol. The summed E-state index contributed by atoms with van der Waals surface area (Å²) < 4.78 is 0. The topological polar surface area (TPSA) is 46.3 Å². The van der Waals surface area contributed by atoms with Gasteiger partial charge in [0.2, 0.25) is 5.91 Å². The molecule has 0 radical (unpaired) electrons. The fourth-order valence-electron chi connectivity index (χ4n) is 2.20. The molecule has 108 valence electrons. The fourth-order valence-corrected chi connectivity index (χ4v) is 2.20. The quantitative estimate of drug-likeness (QED) is 0.689. The van der Waals surface area contributed by atoms with Crippen molar-refractivity contribution in [1.82, 2.24) is 4.90 Å². The van der Waals surface area contributed by atoms with Crippen molar-refractivity contribution in [1.29, 1.82) is 0 Å². The predicted molar refractivity (Wildman–Crippen MR) is 78.4 cm³/mol. The summed E-state index contributed by atoms with van der Waals surface area (Å²) in [6.07, 6.45) is 4.11. The maximum Gasteiger partial charge on any atom is 0.227 e. The van der Waals surface area contributed by atoms with Crippen LogP contribution in [0.2, 0.25) is 0 Å². The second kappa shape index (κ2) is 9.37. The van der Waals surface area contributed by atoms with E-state index in [1.165, 1.54) is 0 Å². The Labute approximate surface area is 113 Å². The van der Waals surface area contributed by atoms with E-state index in [1.807, 2.05) is 4.90 Å². The molecule has 0 aliphatic carbocycles. The van der Waals surface area contributed by atoms with Crippen molar-refractivity contribution in [2.75, 3.05) is 13.1 Å². The maximum absolute atomic E-state index is 12.6. The number of nitrogens with zero attached hydrogens (tertiary/aromatic N) is 1. The Morgan fingerprint density at radius 2 is 1.83 bits per heavy atom. The van der Waals surface area contributed by atoms with Gasteiger partial charge in [0.1, 0.15) is 0 Å². The standard InChI is InChI=1S/C15H32N2O/c1-6-8-9-17(13(5)7-2)15(18)14(11-16)10-12(3)4/h12-14H,6-11,16H2,1-5H3. The number of hydrogen-bond donors (Lipinski definition) is 1. The summed E-state index contributed by atoms with van der Waals surface area (Å²) in [7, 11) is 0. The zero-order valence-electron chi connectivity index (χ0n) is 12.9. The van der Waals surface area contributed by atoms with Crippen molar-refractivity contribution in [3.63, 3.8) is 0 Å². The van der Waals surface area contributed by atoms with Gasteiger partial charge in [-0.25, -0.2) is 0 Å². The first-order valence-electron chi connectivity index (χ1n) is 7.48. The van der Waals surface area contributed by atoms with Crippen molar-refractivity contribution in [2.45, 2.75) is 66.3 Å². The second-order valence-corrected chi connectivity index (χ2v) is 5.70. The molecule has 0 heterocycles. The smallest absolute Gasteiger partial charge is 0.227 e. The van der Waals surface area contributed by atoms with E-state index < -0.39 is 0 Å². The molecule has 0 fully saturated rings. The van der Waals surface area contributed by atoms with Crippen molar-refractivity contribution in [3.05, 3.63) is 0 Å². The molecule has 0 bridgehead atoms. The van der Waals surface area contributed by atoms with E-state index in [4.69, 9.17) is 5.73 Å². The molecule has 0 aromatic rings. The van der Waals surface area contributed by atoms with Gasteiger partial charge in [-0.15, -0.1) is 0 Å². The molecule has 3 heteroatoms. The number of carbonyl (C=O) groups excluding carboxylic acids is 1. The Hall–Kier alpha value is -0.570. The minimum atomic E-state index is -0.00384. The molecule has 3 nitrogen and oxygen atoms in total. The number of nitrogens with two attached hydrogens (primary N) is 1. The maximum atomic E-state index is 12.6. The van der Waals surface area contributed by atoms with E-state index in [0.29, 0.717) is 18.5 Å². The summed E-state index contributed by atoms with van der Waals surface area (Å²) in [6, 6.07) is 0.324. The summed E-state index contributed by atoms with van der Waals surface area (Å²) in [6.45, 7) is 12.1. The van der Waals surface area contributed by atoms with Crippen LogP contribution in [-0.2, 0) is 4.79 Å². The van der Waals surface area contributed by atoms with Crippen molar-refractivity contribution >= 4 is 5.91 Å². The molecule has 2 atom stereocenters. The predicted octanol–water partition coefficient (Wildman–Crippen LogP) is 3.03. The normalized spacial score (nSPS) is 14.6. The largest absolute Gasteiger partial charge is 0.340 e. The molecular formula is C15H32N2O. The van der Waals surface area contributed by atoms with Gasteiger partial charge >= 0.3 is 0 Å². The van der Waals surface area contributed by atoms with Crippen LogP contribution in [0.1, 0.15) is 60.3 Å². The summed E-state index contributed by atoms with van der Waals surface area (Å²) in [5, 5.41) is 0. The van der Waals surface area contributed by atoms with Crippen LogP contribution >= 0.6 is 0 Å². The van der Waals surface area contributed by atoms with Gasteiger partial charge < -0.3 is 10.6 Å². The van der Waals surface area contributed by atoms with Crippen LogP contribution < -0.4 is 5.73 Å². The molecule has 0 spiro atoms. The first-order chi connectivity index (χ1) is 8.47. The molecule has 0 aliphatic rings. The van der Waals surface area contributed by atoms with Gasteiger partial charge in [0.25, 0.3) is 0 Å². The number of amides is 1. The number of unbranched alkanes of at least 4 members (excludes halogenated alkanes) is 1. The minimum absolute atomic E-state index is 0.00384. The lowest BCUT2D eigenvalue weighted by atomic mass is 9.95. The van der Waals surface area contributed by atoms with Crippen molar-refractivity contribution in [2.24, 2.45) is 17.6 Å². The first kappa shape index (κ1) is 17.4. The summed E-state index contributed by atoms with van der Waals surface area (Å²) in [5.41, 5.74) is 5.78. The third kappa shape index (κ3) is 5.85. The fraction of sp³-hybridized carbons (Fsp3) is 0.933. The van der Waals surface area contributed by atoms with E-state index in [1.54, 1.807) is 0 Å².